The molecule has 0 heterocycles. The van der Waals surface area contributed by atoms with E-state index in [1.165, 1.54) is 0 Å². The van der Waals surface area contributed by atoms with E-state index in [-0.39, 0.29) is 29.8 Å². The van der Waals surface area contributed by atoms with Crippen LogP contribution in [-0.4, -0.2) is 64.4 Å². The Kier molecular flexibility index (Phi) is 4.80. The fourth-order valence-electron chi connectivity index (χ4n) is 2.02. The number of nitrogens with zero attached hydrogens (tertiary/aromatic N) is 2. The van der Waals surface area contributed by atoms with E-state index in [0.29, 0.717) is 0 Å². The molecule has 0 bridgehead atoms. The normalized spacial score (nSPS) is 11.3. The highest BCUT2D eigenvalue weighted by atomic mass is 16.4. The Hall–Kier alpha value is -1.99. The van der Waals surface area contributed by atoms with Crippen molar-refractivity contribution in [1.82, 2.24) is 9.80 Å². The largest absolute Gasteiger partial charge is 0.504 e. The van der Waals surface area contributed by atoms with Crippen LogP contribution in [0, 0.1) is 0 Å². The summed E-state index contributed by atoms with van der Waals surface area (Å²) in [6, 6.07) is 0. The molecule has 20 heavy (non-hydrogen) atoms. The zero-order chi connectivity index (χ0) is 15.6. The van der Waals surface area contributed by atoms with Crippen LogP contribution in [0.3, 0.4) is 0 Å². The number of carbonyl (C=O) groups is 1. The topological polar surface area (TPSA) is 104 Å². The third kappa shape index (κ3) is 3.12. The number of phenolic OH excluding ortho intramolecular Hbond substituents is 3. The molecule has 0 aromatic heterocycles. The highest BCUT2D eigenvalue weighted by Gasteiger charge is 2.27. The lowest BCUT2D eigenvalue weighted by Crippen LogP contribution is -2.19. The fraction of sp³-hybridized carbons (Fsp3) is 0.462. The van der Waals surface area contributed by atoms with Crippen LogP contribution in [0.2, 0.25) is 0 Å². The van der Waals surface area contributed by atoms with E-state index in [9.17, 15) is 25.2 Å². The van der Waals surface area contributed by atoms with E-state index in [0.717, 1.165) is 0 Å². The van der Waals surface area contributed by atoms with Crippen LogP contribution in [0.4, 0.5) is 0 Å². The summed E-state index contributed by atoms with van der Waals surface area (Å²) >= 11 is 0. The average molecular weight is 284 g/mol. The number of carboxylic acids is 1. The van der Waals surface area contributed by atoms with Gasteiger partial charge in [-0.05, 0) is 28.2 Å². The minimum atomic E-state index is -1.26. The van der Waals surface area contributed by atoms with Gasteiger partial charge in [-0.15, -0.1) is 0 Å². The van der Waals surface area contributed by atoms with Crippen molar-refractivity contribution in [1.29, 1.82) is 0 Å². The molecule has 0 aliphatic carbocycles. The summed E-state index contributed by atoms with van der Waals surface area (Å²) in [6.07, 6.45) is 0. The number of aromatic hydroxyl groups is 3. The van der Waals surface area contributed by atoms with E-state index in [2.05, 4.69) is 0 Å². The first-order valence-electron chi connectivity index (χ1n) is 5.98. The van der Waals surface area contributed by atoms with Gasteiger partial charge in [-0.3, -0.25) is 0 Å². The van der Waals surface area contributed by atoms with Gasteiger partial charge in [-0.1, -0.05) is 0 Å². The molecule has 0 amide bonds. The quantitative estimate of drug-likeness (QED) is 0.588. The molecule has 0 fully saturated rings. The number of phenols is 3. The molecule has 1 rings (SSSR count). The Labute approximate surface area is 117 Å². The van der Waals surface area contributed by atoms with Crippen LogP contribution < -0.4 is 0 Å². The molecule has 0 spiro atoms. The minimum Gasteiger partial charge on any atom is -0.504 e. The molecule has 7 nitrogen and oxygen atoms in total. The van der Waals surface area contributed by atoms with Crippen molar-refractivity contribution in [2.45, 2.75) is 13.1 Å². The first kappa shape index (κ1) is 16.1. The van der Waals surface area contributed by atoms with Crippen LogP contribution >= 0.6 is 0 Å². The summed E-state index contributed by atoms with van der Waals surface area (Å²) in [5.41, 5.74) is -0.0236. The van der Waals surface area contributed by atoms with Crippen molar-refractivity contribution in [3.63, 3.8) is 0 Å². The Morgan fingerprint density at radius 1 is 0.850 bits per heavy atom. The van der Waals surface area contributed by atoms with E-state index in [1.54, 1.807) is 38.0 Å². The molecule has 0 unspecified atom stereocenters. The maximum atomic E-state index is 11.5. The molecule has 0 atom stereocenters. The molecule has 0 radical (unpaired) electrons. The number of hydrogen-bond acceptors (Lipinski definition) is 6. The number of benzene rings is 1. The summed E-state index contributed by atoms with van der Waals surface area (Å²) in [7, 11) is 6.84. The van der Waals surface area contributed by atoms with Gasteiger partial charge < -0.3 is 30.2 Å². The summed E-state index contributed by atoms with van der Waals surface area (Å²) in [4.78, 5) is 14.8. The van der Waals surface area contributed by atoms with Crippen LogP contribution in [0.5, 0.6) is 17.2 Å². The zero-order valence-electron chi connectivity index (χ0n) is 12.0. The molecule has 112 valence electrons. The molecule has 0 saturated carbocycles. The van der Waals surface area contributed by atoms with Crippen LogP contribution in [0.25, 0.3) is 0 Å². The predicted octanol–water partition coefficient (Wildman–Crippen LogP) is 0.625. The van der Waals surface area contributed by atoms with E-state index in [1.807, 2.05) is 0 Å². The third-order valence-electron chi connectivity index (χ3n) is 2.79. The summed E-state index contributed by atoms with van der Waals surface area (Å²) in [5, 5.41) is 38.9. The lowest BCUT2D eigenvalue weighted by Gasteiger charge is -2.21. The molecule has 1 aromatic carbocycles. The summed E-state index contributed by atoms with van der Waals surface area (Å²) < 4.78 is 0. The Morgan fingerprint density at radius 3 is 1.45 bits per heavy atom. The Balaban J connectivity index is 3.64. The van der Waals surface area contributed by atoms with Gasteiger partial charge in [0.05, 0.1) is 5.56 Å². The smallest absolute Gasteiger partial charge is 0.336 e. The molecular weight excluding hydrogens is 264 g/mol. The molecule has 1 aromatic rings. The SMILES string of the molecule is CN(C)Cc1c(O)c(O)c(O)c(CN(C)C)c1C(=O)O. The van der Waals surface area contributed by atoms with E-state index in [4.69, 9.17) is 0 Å². The number of carboxylic acid groups (broad SMARTS) is 1. The van der Waals surface area contributed by atoms with Crippen LogP contribution in [-0.2, 0) is 13.1 Å². The highest BCUT2D eigenvalue weighted by Crippen LogP contribution is 2.44. The lowest BCUT2D eigenvalue weighted by atomic mass is 9.97. The Bertz CT molecular complexity index is 489. The second-order valence-electron chi connectivity index (χ2n) is 5.16. The first-order valence-corrected chi connectivity index (χ1v) is 5.98. The van der Waals surface area contributed by atoms with Gasteiger partial charge in [0.15, 0.2) is 11.5 Å². The van der Waals surface area contributed by atoms with Crippen molar-refractivity contribution in [2.24, 2.45) is 0 Å². The maximum absolute atomic E-state index is 11.5. The average Bonchev–Trinajstić information content (AvgIpc) is 2.31. The molecule has 0 saturated heterocycles. The highest BCUT2D eigenvalue weighted by molar-refractivity contribution is 5.94. The number of aromatic carboxylic acids is 1. The second-order valence-corrected chi connectivity index (χ2v) is 5.16. The van der Waals surface area contributed by atoms with Crippen molar-refractivity contribution in [2.75, 3.05) is 28.2 Å². The lowest BCUT2D eigenvalue weighted by molar-refractivity contribution is 0.0691. The maximum Gasteiger partial charge on any atom is 0.336 e. The third-order valence-corrected chi connectivity index (χ3v) is 2.79. The van der Waals surface area contributed by atoms with Crippen LogP contribution in [0.15, 0.2) is 0 Å². The van der Waals surface area contributed by atoms with Gasteiger partial charge in [-0.2, -0.15) is 0 Å². The summed E-state index contributed by atoms with van der Waals surface area (Å²) in [5.74, 6) is -3.15. The van der Waals surface area contributed by atoms with Crippen molar-refractivity contribution in [3.8, 4) is 17.2 Å². The molecular formula is C13H20N2O5. The minimum absolute atomic E-state index is 0.0784. The summed E-state index contributed by atoms with van der Waals surface area (Å²) in [6.45, 7) is 0.253. The van der Waals surface area contributed by atoms with Gasteiger partial charge in [0, 0.05) is 24.2 Å². The molecule has 0 aliphatic heterocycles. The van der Waals surface area contributed by atoms with Crippen molar-refractivity contribution >= 4 is 5.97 Å². The molecule has 7 heteroatoms. The fourth-order valence-corrected chi connectivity index (χ4v) is 2.02. The first-order chi connectivity index (χ1) is 9.16. The number of rotatable bonds is 5. The van der Waals surface area contributed by atoms with Gasteiger partial charge in [0.1, 0.15) is 0 Å². The van der Waals surface area contributed by atoms with Crippen molar-refractivity contribution in [3.05, 3.63) is 16.7 Å². The van der Waals surface area contributed by atoms with Gasteiger partial charge in [0.2, 0.25) is 5.75 Å². The van der Waals surface area contributed by atoms with Crippen LogP contribution in [0.1, 0.15) is 21.5 Å². The van der Waals surface area contributed by atoms with E-state index >= 15 is 0 Å². The van der Waals surface area contributed by atoms with Gasteiger partial charge in [0.25, 0.3) is 0 Å². The van der Waals surface area contributed by atoms with Gasteiger partial charge in [-0.25, -0.2) is 4.79 Å². The monoisotopic (exact) mass is 284 g/mol. The molecule has 4 N–H and O–H groups in total. The Morgan fingerprint density at radius 2 is 1.20 bits per heavy atom. The number of hydrogen-bond donors (Lipinski definition) is 4. The van der Waals surface area contributed by atoms with Gasteiger partial charge >= 0.3 is 5.97 Å². The molecule has 0 aliphatic rings. The predicted molar refractivity (Wildman–Crippen MR) is 73.2 cm³/mol. The van der Waals surface area contributed by atoms with Crippen molar-refractivity contribution < 1.29 is 25.2 Å². The zero-order valence-corrected chi connectivity index (χ0v) is 12.0. The van der Waals surface area contributed by atoms with E-state index < -0.39 is 23.2 Å². The second kappa shape index (κ2) is 5.98. The standard InChI is InChI=1S/C13H20N2O5/c1-14(2)5-7-9(13(19)20)8(6-15(3)4)11(17)12(18)10(7)16/h16-18H,5-6H2,1-4H3,(H,19,20).